The number of benzene rings is 1. The number of hydrogen-bond acceptors (Lipinski definition) is 2. The molecule has 0 aromatic heterocycles. The van der Waals surface area contributed by atoms with Gasteiger partial charge in [-0.15, -0.1) is 0 Å². The Bertz CT molecular complexity index is 387. The fraction of sp³-hybridized carbons (Fsp3) is 0.500. The lowest BCUT2D eigenvalue weighted by Gasteiger charge is -2.30. The van der Waals surface area contributed by atoms with Gasteiger partial charge in [-0.05, 0) is 31.5 Å². The van der Waals surface area contributed by atoms with Crippen molar-refractivity contribution in [1.82, 2.24) is 0 Å². The summed E-state index contributed by atoms with van der Waals surface area (Å²) in [5.74, 6) is -0.420. The van der Waals surface area contributed by atoms with Crippen LogP contribution in [0.5, 0.6) is 0 Å². The second kappa shape index (κ2) is 4.43. The maximum atomic E-state index is 13.7. The largest absolute Gasteiger partial charge is 0.385 e. The Balaban J connectivity index is 2.37. The molecule has 0 amide bonds. The molecule has 1 aromatic carbocycles. The first-order valence-electron chi connectivity index (χ1n) is 5.27. The highest BCUT2D eigenvalue weighted by Gasteiger charge is 2.38. The third kappa shape index (κ3) is 2.14. The van der Waals surface area contributed by atoms with Crippen LogP contribution in [-0.4, -0.2) is 18.3 Å². The highest BCUT2D eigenvalue weighted by molar-refractivity contribution is 9.10. The Morgan fingerprint density at radius 2 is 2.31 bits per heavy atom. The molecule has 0 radical (unpaired) electrons. The fourth-order valence-electron chi connectivity index (χ4n) is 2.08. The summed E-state index contributed by atoms with van der Waals surface area (Å²) in [6.45, 7) is 2.77. The number of rotatable bonds is 2. The van der Waals surface area contributed by atoms with E-state index in [-0.39, 0.29) is 11.7 Å². The summed E-state index contributed by atoms with van der Waals surface area (Å²) in [6.07, 6.45) is 0.763. The van der Waals surface area contributed by atoms with Crippen molar-refractivity contribution in [1.29, 1.82) is 0 Å². The quantitative estimate of drug-likeness (QED) is 0.907. The van der Waals surface area contributed by atoms with Gasteiger partial charge in [-0.3, -0.25) is 0 Å². The molecule has 1 heterocycles. The van der Waals surface area contributed by atoms with Crippen LogP contribution in [0.25, 0.3) is 0 Å². The second-order valence-corrected chi connectivity index (χ2v) is 5.25. The lowest BCUT2D eigenvalue weighted by molar-refractivity contribution is -0.0126. The highest BCUT2D eigenvalue weighted by atomic mass is 79.9. The summed E-state index contributed by atoms with van der Waals surface area (Å²) in [4.78, 5) is 0. The highest BCUT2D eigenvalue weighted by Crippen LogP contribution is 2.36. The number of halogens is 2. The van der Waals surface area contributed by atoms with Gasteiger partial charge in [0.25, 0.3) is 0 Å². The van der Waals surface area contributed by atoms with E-state index in [1.807, 2.05) is 0 Å². The molecule has 1 N–H and O–H groups in total. The minimum atomic E-state index is -1.18. The van der Waals surface area contributed by atoms with E-state index in [9.17, 15) is 9.50 Å². The van der Waals surface area contributed by atoms with E-state index in [0.29, 0.717) is 18.8 Å². The zero-order valence-electron chi connectivity index (χ0n) is 9.04. The zero-order chi connectivity index (χ0) is 11.8. The van der Waals surface area contributed by atoms with Gasteiger partial charge in [-0.2, -0.15) is 0 Å². The van der Waals surface area contributed by atoms with Gasteiger partial charge in [0.2, 0.25) is 0 Å². The average molecular weight is 289 g/mol. The van der Waals surface area contributed by atoms with Crippen molar-refractivity contribution >= 4 is 15.9 Å². The molecule has 1 aliphatic rings. The van der Waals surface area contributed by atoms with E-state index >= 15 is 0 Å². The van der Waals surface area contributed by atoms with E-state index in [4.69, 9.17) is 4.74 Å². The molecule has 2 unspecified atom stereocenters. The topological polar surface area (TPSA) is 29.5 Å². The second-order valence-electron chi connectivity index (χ2n) is 4.33. The van der Waals surface area contributed by atoms with Crippen molar-refractivity contribution < 1.29 is 14.2 Å². The van der Waals surface area contributed by atoms with Crippen LogP contribution >= 0.6 is 15.9 Å². The standard InChI is InChI=1S/C12H14BrFO2/c1-12(15,8-4-5-16-7-8)10-6-9(13)2-3-11(10)14/h2-3,6,8,15H,4-5,7H2,1H3. The van der Waals surface area contributed by atoms with E-state index < -0.39 is 5.60 Å². The molecule has 16 heavy (non-hydrogen) atoms. The summed E-state index contributed by atoms with van der Waals surface area (Å²) in [7, 11) is 0. The van der Waals surface area contributed by atoms with E-state index in [1.165, 1.54) is 6.07 Å². The molecule has 2 atom stereocenters. The predicted octanol–water partition coefficient (Wildman–Crippen LogP) is 2.83. The van der Waals surface area contributed by atoms with Crippen molar-refractivity contribution in [2.75, 3.05) is 13.2 Å². The van der Waals surface area contributed by atoms with E-state index in [1.54, 1.807) is 19.1 Å². The maximum absolute atomic E-state index is 13.7. The molecule has 0 saturated carbocycles. The van der Waals surface area contributed by atoms with Gasteiger partial charge in [0.05, 0.1) is 12.2 Å². The van der Waals surface area contributed by atoms with Gasteiger partial charge in [0, 0.05) is 22.6 Å². The zero-order valence-corrected chi connectivity index (χ0v) is 10.6. The number of aliphatic hydroxyl groups is 1. The maximum Gasteiger partial charge on any atom is 0.129 e. The Kier molecular flexibility index (Phi) is 3.33. The minimum Gasteiger partial charge on any atom is -0.385 e. The summed E-state index contributed by atoms with van der Waals surface area (Å²) in [6, 6.07) is 4.62. The molecule has 1 aliphatic heterocycles. The van der Waals surface area contributed by atoms with Crippen LogP contribution in [-0.2, 0) is 10.3 Å². The van der Waals surface area contributed by atoms with Crippen LogP contribution in [0.3, 0.4) is 0 Å². The third-order valence-corrected chi connectivity index (χ3v) is 3.69. The molecule has 1 aromatic rings. The molecule has 0 bridgehead atoms. The lowest BCUT2D eigenvalue weighted by Crippen LogP contribution is -2.33. The first kappa shape index (κ1) is 12.0. The molecule has 0 spiro atoms. The minimum absolute atomic E-state index is 0.0451. The summed E-state index contributed by atoms with van der Waals surface area (Å²) >= 11 is 3.29. The first-order chi connectivity index (χ1) is 7.51. The van der Waals surface area contributed by atoms with Crippen LogP contribution in [0.4, 0.5) is 4.39 Å². The van der Waals surface area contributed by atoms with E-state index in [0.717, 1.165) is 10.9 Å². The van der Waals surface area contributed by atoms with Crippen molar-refractivity contribution in [3.05, 3.63) is 34.1 Å². The molecule has 0 aliphatic carbocycles. The van der Waals surface area contributed by atoms with Crippen molar-refractivity contribution in [2.45, 2.75) is 18.9 Å². The predicted molar refractivity (Wildman–Crippen MR) is 62.6 cm³/mol. The molecular formula is C12H14BrFO2. The Labute approximate surface area is 103 Å². The number of hydrogen-bond donors (Lipinski definition) is 1. The smallest absolute Gasteiger partial charge is 0.129 e. The van der Waals surface area contributed by atoms with Crippen LogP contribution in [0.15, 0.2) is 22.7 Å². The SMILES string of the molecule is CC(O)(c1cc(Br)ccc1F)C1CCOC1. The Morgan fingerprint density at radius 1 is 1.56 bits per heavy atom. The van der Waals surface area contributed by atoms with Crippen molar-refractivity contribution in [3.8, 4) is 0 Å². The molecule has 2 nitrogen and oxygen atoms in total. The Morgan fingerprint density at radius 3 is 2.94 bits per heavy atom. The average Bonchev–Trinajstić information content (AvgIpc) is 2.75. The van der Waals surface area contributed by atoms with Gasteiger partial charge < -0.3 is 9.84 Å². The normalized spacial score (nSPS) is 24.4. The van der Waals surface area contributed by atoms with Gasteiger partial charge in [-0.25, -0.2) is 4.39 Å². The monoisotopic (exact) mass is 288 g/mol. The molecule has 88 valence electrons. The van der Waals surface area contributed by atoms with Crippen molar-refractivity contribution in [2.24, 2.45) is 5.92 Å². The van der Waals surface area contributed by atoms with Gasteiger partial charge in [0.15, 0.2) is 0 Å². The number of ether oxygens (including phenoxy) is 1. The molecule has 1 saturated heterocycles. The first-order valence-corrected chi connectivity index (χ1v) is 6.07. The van der Waals surface area contributed by atoms with Crippen molar-refractivity contribution in [3.63, 3.8) is 0 Å². The van der Waals surface area contributed by atoms with Crippen LogP contribution < -0.4 is 0 Å². The molecule has 1 fully saturated rings. The lowest BCUT2D eigenvalue weighted by atomic mass is 9.82. The summed E-state index contributed by atoms with van der Waals surface area (Å²) in [5, 5.41) is 10.4. The summed E-state index contributed by atoms with van der Waals surface area (Å²) in [5.41, 5.74) is -0.845. The van der Waals surface area contributed by atoms with E-state index in [2.05, 4.69) is 15.9 Å². The van der Waals surface area contributed by atoms with Gasteiger partial charge in [-0.1, -0.05) is 15.9 Å². The third-order valence-electron chi connectivity index (χ3n) is 3.20. The van der Waals surface area contributed by atoms with Crippen LogP contribution in [0, 0.1) is 11.7 Å². The fourth-order valence-corrected chi connectivity index (χ4v) is 2.44. The molecule has 4 heteroatoms. The Hall–Kier alpha value is -0.450. The molecular weight excluding hydrogens is 275 g/mol. The van der Waals surface area contributed by atoms with Crippen LogP contribution in [0.2, 0.25) is 0 Å². The van der Waals surface area contributed by atoms with Gasteiger partial charge >= 0.3 is 0 Å². The van der Waals surface area contributed by atoms with Crippen LogP contribution in [0.1, 0.15) is 18.9 Å². The summed E-state index contributed by atoms with van der Waals surface area (Å²) < 4.78 is 19.7. The van der Waals surface area contributed by atoms with Gasteiger partial charge in [0.1, 0.15) is 5.82 Å². The molecule has 2 rings (SSSR count).